The molecule has 0 bridgehead atoms. The monoisotopic (exact) mass is 295 g/mol. The molecular formula is C15H19F2N3O. The van der Waals surface area contributed by atoms with Gasteiger partial charge < -0.3 is 4.74 Å². The van der Waals surface area contributed by atoms with E-state index in [0.717, 1.165) is 17.3 Å². The van der Waals surface area contributed by atoms with Crippen LogP contribution in [0.25, 0.3) is 0 Å². The van der Waals surface area contributed by atoms with Crippen LogP contribution in [0.4, 0.5) is 8.78 Å². The molecule has 0 unspecified atom stereocenters. The van der Waals surface area contributed by atoms with E-state index >= 15 is 0 Å². The summed E-state index contributed by atoms with van der Waals surface area (Å²) >= 11 is 0. The number of benzene rings is 1. The Labute approximate surface area is 122 Å². The standard InChI is InChI=1S/C15H19F2N3O/c1-10-11(8-20(3)18-10)7-19(2)9-12-14(21-4)6-5-13(16)15(12)17/h5-6,8H,7,9H2,1-4H3. The maximum atomic E-state index is 13.9. The predicted octanol–water partition coefficient (Wildman–Crippen LogP) is 2.65. The third-order valence-corrected chi connectivity index (χ3v) is 3.36. The largest absolute Gasteiger partial charge is 0.496 e. The molecule has 2 rings (SSSR count). The highest BCUT2D eigenvalue weighted by Gasteiger charge is 2.17. The second-order valence-corrected chi connectivity index (χ2v) is 5.13. The van der Waals surface area contributed by atoms with E-state index < -0.39 is 11.6 Å². The number of halogens is 2. The quantitative estimate of drug-likeness (QED) is 0.849. The first-order chi connectivity index (χ1) is 9.92. The molecule has 6 heteroatoms. The van der Waals surface area contributed by atoms with Crippen molar-refractivity contribution in [1.29, 1.82) is 0 Å². The van der Waals surface area contributed by atoms with Crippen LogP contribution in [0.5, 0.6) is 5.75 Å². The van der Waals surface area contributed by atoms with Crippen molar-refractivity contribution in [2.45, 2.75) is 20.0 Å². The summed E-state index contributed by atoms with van der Waals surface area (Å²) in [6, 6.07) is 2.51. The molecule has 21 heavy (non-hydrogen) atoms. The molecule has 0 amide bonds. The molecule has 0 saturated heterocycles. The summed E-state index contributed by atoms with van der Waals surface area (Å²) in [6.07, 6.45) is 1.92. The molecule has 0 aliphatic heterocycles. The van der Waals surface area contributed by atoms with Gasteiger partial charge in [-0.15, -0.1) is 0 Å². The van der Waals surface area contributed by atoms with Gasteiger partial charge in [-0.2, -0.15) is 5.10 Å². The highest BCUT2D eigenvalue weighted by atomic mass is 19.2. The van der Waals surface area contributed by atoms with Crippen LogP contribution in [-0.4, -0.2) is 28.8 Å². The Morgan fingerprint density at radius 1 is 1.29 bits per heavy atom. The fraction of sp³-hybridized carbons (Fsp3) is 0.400. The molecule has 1 heterocycles. The van der Waals surface area contributed by atoms with Crippen molar-refractivity contribution in [3.8, 4) is 5.75 Å². The maximum absolute atomic E-state index is 13.9. The van der Waals surface area contributed by atoms with E-state index in [1.807, 2.05) is 32.1 Å². The van der Waals surface area contributed by atoms with E-state index in [4.69, 9.17) is 4.74 Å². The highest BCUT2D eigenvalue weighted by Crippen LogP contribution is 2.25. The van der Waals surface area contributed by atoms with Crippen molar-refractivity contribution in [2.75, 3.05) is 14.2 Å². The molecule has 0 N–H and O–H groups in total. The lowest BCUT2D eigenvalue weighted by atomic mass is 10.1. The van der Waals surface area contributed by atoms with Gasteiger partial charge in [0.1, 0.15) is 5.75 Å². The molecule has 0 saturated carbocycles. The summed E-state index contributed by atoms with van der Waals surface area (Å²) in [7, 11) is 5.14. The summed E-state index contributed by atoms with van der Waals surface area (Å²) in [5, 5.41) is 4.27. The number of nitrogens with zero attached hydrogens (tertiary/aromatic N) is 3. The summed E-state index contributed by atoms with van der Waals surface area (Å²) in [6.45, 7) is 2.77. The number of rotatable bonds is 5. The van der Waals surface area contributed by atoms with Gasteiger partial charge >= 0.3 is 0 Å². The second kappa shape index (κ2) is 6.22. The Kier molecular flexibility index (Phi) is 4.57. The average Bonchev–Trinajstić information content (AvgIpc) is 2.73. The number of aromatic nitrogens is 2. The Morgan fingerprint density at radius 2 is 2.00 bits per heavy atom. The van der Waals surface area contributed by atoms with Gasteiger partial charge in [0.15, 0.2) is 11.6 Å². The van der Waals surface area contributed by atoms with Crippen molar-refractivity contribution < 1.29 is 13.5 Å². The van der Waals surface area contributed by atoms with Gasteiger partial charge in [0, 0.05) is 37.5 Å². The molecule has 114 valence electrons. The molecule has 1 aromatic carbocycles. The molecule has 1 aromatic heterocycles. The minimum absolute atomic E-state index is 0.224. The van der Waals surface area contributed by atoms with E-state index in [-0.39, 0.29) is 12.1 Å². The molecule has 2 aromatic rings. The second-order valence-electron chi connectivity index (χ2n) is 5.13. The zero-order chi connectivity index (χ0) is 15.6. The van der Waals surface area contributed by atoms with Gasteiger partial charge in [-0.25, -0.2) is 8.78 Å². The minimum Gasteiger partial charge on any atom is -0.496 e. The molecular weight excluding hydrogens is 276 g/mol. The van der Waals surface area contributed by atoms with Crippen LogP contribution in [0.1, 0.15) is 16.8 Å². The zero-order valence-corrected chi connectivity index (χ0v) is 12.7. The van der Waals surface area contributed by atoms with E-state index in [0.29, 0.717) is 12.3 Å². The van der Waals surface area contributed by atoms with Crippen molar-refractivity contribution >= 4 is 0 Å². The normalized spacial score (nSPS) is 11.2. The summed E-state index contributed by atoms with van der Waals surface area (Å²) in [4.78, 5) is 1.89. The third-order valence-electron chi connectivity index (χ3n) is 3.36. The molecule has 4 nitrogen and oxygen atoms in total. The van der Waals surface area contributed by atoms with Crippen LogP contribution < -0.4 is 4.74 Å². The lowest BCUT2D eigenvalue weighted by molar-refractivity contribution is 0.300. The maximum Gasteiger partial charge on any atom is 0.167 e. The van der Waals surface area contributed by atoms with Crippen molar-refractivity contribution in [3.63, 3.8) is 0 Å². The van der Waals surface area contributed by atoms with Crippen LogP contribution in [0.3, 0.4) is 0 Å². The van der Waals surface area contributed by atoms with Gasteiger partial charge in [0.25, 0.3) is 0 Å². The lowest BCUT2D eigenvalue weighted by Crippen LogP contribution is -2.19. The first kappa shape index (κ1) is 15.4. The average molecular weight is 295 g/mol. The topological polar surface area (TPSA) is 30.3 Å². The fourth-order valence-corrected chi connectivity index (χ4v) is 2.33. The Bertz CT molecular complexity index is 640. The van der Waals surface area contributed by atoms with Gasteiger partial charge in [0.05, 0.1) is 12.8 Å². The van der Waals surface area contributed by atoms with Crippen LogP contribution >= 0.6 is 0 Å². The zero-order valence-electron chi connectivity index (χ0n) is 12.7. The van der Waals surface area contributed by atoms with E-state index in [9.17, 15) is 8.78 Å². The molecule has 0 fully saturated rings. The summed E-state index contributed by atoms with van der Waals surface area (Å²) in [5.74, 6) is -1.37. The van der Waals surface area contributed by atoms with Gasteiger partial charge in [-0.05, 0) is 26.1 Å². The Hall–Kier alpha value is -1.95. The molecule has 0 aliphatic carbocycles. The number of hydrogen-bond acceptors (Lipinski definition) is 3. The number of methoxy groups -OCH3 is 1. The van der Waals surface area contributed by atoms with E-state index in [2.05, 4.69) is 5.10 Å². The highest BCUT2D eigenvalue weighted by molar-refractivity contribution is 5.35. The Balaban J connectivity index is 2.18. The smallest absolute Gasteiger partial charge is 0.167 e. The van der Waals surface area contributed by atoms with Crippen LogP contribution in [-0.2, 0) is 20.1 Å². The number of hydrogen-bond donors (Lipinski definition) is 0. The van der Waals surface area contributed by atoms with Gasteiger partial charge in [-0.3, -0.25) is 9.58 Å². The van der Waals surface area contributed by atoms with Crippen molar-refractivity contribution in [1.82, 2.24) is 14.7 Å². The minimum atomic E-state index is -0.864. The summed E-state index contributed by atoms with van der Waals surface area (Å²) in [5.41, 5.74) is 2.20. The number of aryl methyl sites for hydroxylation is 2. The van der Waals surface area contributed by atoms with Crippen molar-refractivity contribution in [3.05, 3.63) is 46.8 Å². The van der Waals surface area contributed by atoms with Gasteiger partial charge in [0.2, 0.25) is 0 Å². The summed E-state index contributed by atoms with van der Waals surface area (Å²) < 4.78 is 34.2. The number of ether oxygens (including phenoxy) is 1. The fourth-order valence-electron chi connectivity index (χ4n) is 2.33. The molecule has 0 atom stereocenters. The third kappa shape index (κ3) is 3.39. The van der Waals surface area contributed by atoms with Crippen LogP contribution in [0.2, 0.25) is 0 Å². The first-order valence-corrected chi connectivity index (χ1v) is 6.61. The SMILES string of the molecule is COc1ccc(F)c(F)c1CN(C)Cc1cn(C)nc1C. The van der Waals surface area contributed by atoms with Crippen molar-refractivity contribution in [2.24, 2.45) is 7.05 Å². The lowest BCUT2D eigenvalue weighted by Gasteiger charge is -2.18. The van der Waals surface area contributed by atoms with Crippen LogP contribution in [0, 0.1) is 18.6 Å². The molecule has 0 aliphatic rings. The predicted molar refractivity (Wildman–Crippen MR) is 76.0 cm³/mol. The van der Waals surface area contributed by atoms with Crippen LogP contribution in [0.15, 0.2) is 18.3 Å². The van der Waals surface area contributed by atoms with Gasteiger partial charge in [-0.1, -0.05) is 0 Å². The first-order valence-electron chi connectivity index (χ1n) is 6.61. The van der Waals surface area contributed by atoms with E-state index in [1.54, 1.807) is 4.68 Å². The Morgan fingerprint density at radius 3 is 2.57 bits per heavy atom. The molecule has 0 spiro atoms. The molecule has 0 radical (unpaired) electrons. The van der Waals surface area contributed by atoms with E-state index in [1.165, 1.54) is 13.2 Å².